The molecular weight excluding hydrogens is 260 g/mol. The van der Waals surface area contributed by atoms with Crippen LogP contribution in [0, 0.1) is 5.92 Å². The molecule has 5 heteroatoms. The molecule has 0 aliphatic carbocycles. The van der Waals surface area contributed by atoms with Crippen molar-refractivity contribution in [2.45, 2.75) is 6.92 Å². The van der Waals surface area contributed by atoms with Gasteiger partial charge in [-0.1, -0.05) is 18.2 Å². The number of carbonyl (C=O) groups excluding carboxylic acids is 2. The number of esters is 2. The van der Waals surface area contributed by atoms with Crippen molar-refractivity contribution in [1.82, 2.24) is 0 Å². The zero-order chi connectivity index (χ0) is 15.1. The third-order valence-electron chi connectivity index (χ3n) is 2.84. The zero-order valence-corrected chi connectivity index (χ0v) is 12.0. The molecule has 1 rings (SSSR count). The molecule has 0 aliphatic rings. The van der Waals surface area contributed by atoms with E-state index in [2.05, 4.69) is 9.47 Å². The highest BCUT2D eigenvalue weighted by molar-refractivity contribution is 5.99. The molecule has 0 saturated heterocycles. The number of carbonyl (C=O) groups is 2. The van der Waals surface area contributed by atoms with Gasteiger partial charge in [-0.15, -0.1) is 0 Å². The van der Waals surface area contributed by atoms with Crippen molar-refractivity contribution in [3.63, 3.8) is 0 Å². The van der Waals surface area contributed by atoms with E-state index in [0.717, 1.165) is 11.3 Å². The van der Waals surface area contributed by atoms with E-state index in [0.29, 0.717) is 5.57 Å². The molecule has 0 N–H and O–H groups in total. The van der Waals surface area contributed by atoms with Gasteiger partial charge in [0.2, 0.25) is 0 Å². The number of rotatable bonds is 5. The molecule has 0 spiro atoms. The van der Waals surface area contributed by atoms with Crippen molar-refractivity contribution in [1.29, 1.82) is 0 Å². The lowest BCUT2D eigenvalue weighted by molar-refractivity contribution is -0.156. The van der Waals surface area contributed by atoms with Gasteiger partial charge in [-0.2, -0.15) is 0 Å². The molecule has 0 heterocycles. The molecular formula is C15H18O5. The van der Waals surface area contributed by atoms with E-state index in [4.69, 9.17) is 4.74 Å². The van der Waals surface area contributed by atoms with Crippen LogP contribution in [0.1, 0.15) is 12.5 Å². The van der Waals surface area contributed by atoms with Crippen LogP contribution in [0.2, 0.25) is 0 Å². The Labute approximate surface area is 118 Å². The maximum Gasteiger partial charge on any atom is 0.324 e. The monoisotopic (exact) mass is 278 g/mol. The zero-order valence-electron chi connectivity index (χ0n) is 12.0. The standard InChI is InChI=1S/C15H18O5/c1-10(13(14(16)19-3)15(17)20-4)9-11-5-7-12(18-2)8-6-11/h5-9,13H,1-4H3/b10-9-. The van der Waals surface area contributed by atoms with Crippen molar-refractivity contribution < 1.29 is 23.8 Å². The van der Waals surface area contributed by atoms with Crippen molar-refractivity contribution in [2.24, 2.45) is 5.92 Å². The molecule has 0 saturated carbocycles. The molecule has 0 bridgehead atoms. The van der Waals surface area contributed by atoms with Gasteiger partial charge in [-0.3, -0.25) is 9.59 Å². The minimum Gasteiger partial charge on any atom is -0.497 e. The Hall–Kier alpha value is -2.30. The maximum absolute atomic E-state index is 11.7. The SMILES string of the molecule is COC(=O)C(C(=O)OC)/C(C)=C\c1ccc(OC)cc1. The summed E-state index contributed by atoms with van der Waals surface area (Å²) in [5.74, 6) is -1.59. The van der Waals surface area contributed by atoms with Crippen LogP contribution < -0.4 is 4.74 Å². The van der Waals surface area contributed by atoms with Crippen LogP contribution in [0.5, 0.6) is 5.75 Å². The van der Waals surface area contributed by atoms with Crippen molar-refractivity contribution in [2.75, 3.05) is 21.3 Å². The third kappa shape index (κ3) is 3.85. The topological polar surface area (TPSA) is 61.8 Å². The summed E-state index contributed by atoms with van der Waals surface area (Å²) >= 11 is 0. The first kappa shape index (κ1) is 15.8. The fourth-order valence-corrected chi connectivity index (χ4v) is 1.75. The van der Waals surface area contributed by atoms with Gasteiger partial charge in [0.25, 0.3) is 0 Å². The van der Waals surface area contributed by atoms with E-state index in [1.54, 1.807) is 32.2 Å². The van der Waals surface area contributed by atoms with E-state index < -0.39 is 17.9 Å². The highest BCUT2D eigenvalue weighted by atomic mass is 16.5. The lowest BCUT2D eigenvalue weighted by Crippen LogP contribution is -2.27. The summed E-state index contributed by atoms with van der Waals surface area (Å²) in [5, 5.41) is 0. The molecule has 5 nitrogen and oxygen atoms in total. The summed E-state index contributed by atoms with van der Waals surface area (Å²) in [6.07, 6.45) is 1.73. The summed E-state index contributed by atoms with van der Waals surface area (Å²) in [5.41, 5.74) is 1.40. The van der Waals surface area contributed by atoms with E-state index in [1.807, 2.05) is 12.1 Å². The average molecular weight is 278 g/mol. The molecule has 20 heavy (non-hydrogen) atoms. The van der Waals surface area contributed by atoms with Crippen LogP contribution >= 0.6 is 0 Å². The van der Waals surface area contributed by atoms with E-state index in [-0.39, 0.29) is 0 Å². The lowest BCUT2D eigenvalue weighted by atomic mass is 9.98. The quantitative estimate of drug-likeness (QED) is 0.609. The second-order valence-corrected chi connectivity index (χ2v) is 4.14. The highest BCUT2D eigenvalue weighted by Gasteiger charge is 2.30. The third-order valence-corrected chi connectivity index (χ3v) is 2.84. The molecule has 0 radical (unpaired) electrons. The van der Waals surface area contributed by atoms with Crippen molar-refractivity contribution in [3.05, 3.63) is 35.4 Å². The predicted molar refractivity (Wildman–Crippen MR) is 74.2 cm³/mol. The van der Waals surface area contributed by atoms with Crippen molar-refractivity contribution in [3.8, 4) is 5.75 Å². The molecule has 1 aromatic carbocycles. The number of benzene rings is 1. The van der Waals surface area contributed by atoms with Gasteiger partial charge < -0.3 is 14.2 Å². The van der Waals surface area contributed by atoms with Crippen LogP contribution in [0.3, 0.4) is 0 Å². The van der Waals surface area contributed by atoms with Gasteiger partial charge in [-0.25, -0.2) is 0 Å². The van der Waals surface area contributed by atoms with Crippen LogP contribution in [-0.2, 0) is 19.1 Å². The minimum absolute atomic E-state index is 0.550. The number of hydrogen-bond acceptors (Lipinski definition) is 5. The van der Waals surface area contributed by atoms with Gasteiger partial charge in [-0.05, 0) is 30.2 Å². The first-order valence-electron chi connectivity index (χ1n) is 6.01. The van der Waals surface area contributed by atoms with E-state index in [9.17, 15) is 9.59 Å². The first-order chi connectivity index (χ1) is 9.53. The maximum atomic E-state index is 11.7. The van der Waals surface area contributed by atoms with Crippen molar-refractivity contribution >= 4 is 18.0 Å². The molecule has 108 valence electrons. The van der Waals surface area contributed by atoms with Crippen LogP contribution in [-0.4, -0.2) is 33.3 Å². The Morgan fingerprint density at radius 1 is 1.00 bits per heavy atom. The summed E-state index contributed by atoms with van der Waals surface area (Å²) < 4.78 is 14.3. The van der Waals surface area contributed by atoms with Crippen LogP contribution in [0.4, 0.5) is 0 Å². The van der Waals surface area contributed by atoms with Gasteiger partial charge >= 0.3 is 11.9 Å². The van der Waals surface area contributed by atoms with Crippen LogP contribution in [0.25, 0.3) is 6.08 Å². The number of ether oxygens (including phenoxy) is 3. The molecule has 1 aromatic rings. The van der Waals surface area contributed by atoms with E-state index >= 15 is 0 Å². The first-order valence-corrected chi connectivity index (χ1v) is 6.01. The van der Waals surface area contributed by atoms with Gasteiger partial charge in [0.05, 0.1) is 21.3 Å². The van der Waals surface area contributed by atoms with Gasteiger partial charge in [0.1, 0.15) is 5.75 Å². The Balaban J connectivity index is 3.03. The summed E-state index contributed by atoms with van der Waals surface area (Å²) in [4.78, 5) is 23.3. The predicted octanol–water partition coefficient (Wildman–Crippen LogP) is 2.06. The fourth-order valence-electron chi connectivity index (χ4n) is 1.75. The second kappa shape index (κ2) is 7.33. The number of hydrogen-bond donors (Lipinski definition) is 0. The Bertz CT molecular complexity index is 486. The molecule has 0 aromatic heterocycles. The molecule has 0 unspecified atom stereocenters. The Morgan fingerprint density at radius 2 is 1.50 bits per heavy atom. The Kier molecular flexibility index (Phi) is 5.77. The van der Waals surface area contributed by atoms with Crippen LogP contribution in [0.15, 0.2) is 29.8 Å². The fraction of sp³-hybridized carbons (Fsp3) is 0.333. The molecule has 0 aliphatic heterocycles. The van der Waals surface area contributed by atoms with Gasteiger partial charge in [0.15, 0.2) is 5.92 Å². The second-order valence-electron chi connectivity index (χ2n) is 4.14. The van der Waals surface area contributed by atoms with Gasteiger partial charge in [0, 0.05) is 0 Å². The highest BCUT2D eigenvalue weighted by Crippen LogP contribution is 2.19. The normalized spacial score (nSPS) is 11.2. The lowest BCUT2D eigenvalue weighted by Gasteiger charge is -2.13. The molecule has 0 amide bonds. The largest absolute Gasteiger partial charge is 0.497 e. The smallest absolute Gasteiger partial charge is 0.324 e. The molecule has 0 fully saturated rings. The summed E-state index contributed by atoms with van der Waals surface area (Å²) in [6, 6.07) is 7.25. The Morgan fingerprint density at radius 3 is 1.90 bits per heavy atom. The van der Waals surface area contributed by atoms with E-state index in [1.165, 1.54) is 14.2 Å². The molecule has 0 atom stereocenters. The minimum atomic E-state index is -1.05. The summed E-state index contributed by atoms with van der Waals surface area (Å²) in [7, 11) is 4.05. The average Bonchev–Trinajstić information content (AvgIpc) is 2.47. The summed E-state index contributed by atoms with van der Waals surface area (Å²) in [6.45, 7) is 1.68. The number of methoxy groups -OCH3 is 3.